The second kappa shape index (κ2) is 7.91. The van der Waals surface area contributed by atoms with Crippen LogP contribution in [0, 0.1) is 0 Å². The number of alkyl halides is 3. The molecule has 0 radical (unpaired) electrons. The average Bonchev–Trinajstić information content (AvgIpc) is 3.19. The van der Waals surface area contributed by atoms with Gasteiger partial charge in [-0.05, 0) is 29.8 Å². The standard InChI is InChI=1S/C21H18F3N3O3/c1-29-20(28)14-7-5-13(6-8-14)10-27-11-16(12-27)19-25-18(26-30-19)15-3-2-4-17(9-15)21(22,23)24/h2-9,16H,10-12H2,1H3. The van der Waals surface area contributed by atoms with Crippen LogP contribution in [-0.4, -0.2) is 41.2 Å². The van der Waals surface area contributed by atoms with Gasteiger partial charge in [0.2, 0.25) is 11.7 Å². The summed E-state index contributed by atoms with van der Waals surface area (Å²) < 4.78 is 48.6. The molecule has 3 aromatic rings. The van der Waals surface area contributed by atoms with E-state index in [1.54, 1.807) is 12.1 Å². The Kier molecular flexibility index (Phi) is 5.29. The zero-order valence-electron chi connectivity index (χ0n) is 16.0. The average molecular weight is 417 g/mol. The van der Waals surface area contributed by atoms with Crippen molar-refractivity contribution in [2.45, 2.75) is 18.6 Å². The van der Waals surface area contributed by atoms with Crippen molar-refractivity contribution in [2.75, 3.05) is 20.2 Å². The van der Waals surface area contributed by atoms with Crippen LogP contribution in [0.1, 0.15) is 33.3 Å². The highest BCUT2D eigenvalue weighted by Crippen LogP contribution is 2.33. The lowest BCUT2D eigenvalue weighted by molar-refractivity contribution is -0.137. The Balaban J connectivity index is 1.36. The monoisotopic (exact) mass is 417 g/mol. The second-order valence-electron chi connectivity index (χ2n) is 7.11. The number of methoxy groups -OCH3 is 1. The Labute approximate surface area is 170 Å². The van der Waals surface area contributed by atoms with E-state index in [1.807, 2.05) is 12.1 Å². The number of esters is 1. The fourth-order valence-electron chi connectivity index (χ4n) is 3.33. The molecule has 2 aromatic carbocycles. The molecule has 0 saturated carbocycles. The van der Waals surface area contributed by atoms with Gasteiger partial charge in [0.1, 0.15) is 0 Å². The largest absolute Gasteiger partial charge is 0.465 e. The van der Waals surface area contributed by atoms with Crippen LogP contribution in [0.2, 0.25) is 0 Å². The molecule has 0 atom stereocenters. The zero-order chi connectivity index (χ0) is 21.3. The Morgan fingerprint density at radius 2 is 1.93 bits per heavy atom. The molecule has 4 rings (SSSR count). The van der Waals surface area contributed by atoms with Gasteiger partial charge in [-0.1, -0.05) is 29.4 Å². The van der Waals surface area contributed by atoms with Crippen molar-refractivity contribution in [1.82, 2.24) is 15.0 Å². The number of carbonyl (C=O) groups excluding carboxylic acids is 1. The maximum Gasteiger partial charge on any atom is 0.416 e. The molecule has 0 N–H and O–H groups in total. The summed E-state index contributed by atoms with van der Waals surface area (Å²) in [5.41, 5.74) is 1.06. The summed E-state index contributed by atoms with van der Waals surface area (Å²) in [6, 6.07) is 12.1. The highest BCUT2D eigenvalue weighted by molar-refractivity contribution is 5.89. The predicted octanol–water partition coefficient (Wildman–Crippen LogP) is 4.14. The van der Waals surface area contributed by atoms with E-state index < -0.39 is 11.7 Å². The summed E-state index contributed by atoms with van der Waals surface area (Å²) in [5, 5.41) is 3.84. The molecule has 0 aliphatic carbocycles. The smallest absolute Gasteiger partial charge is 0.416 e. The molecule has 30 heavy (non-hydrogen) atoms. The van der Waals surface area contributed by atoms with Gasteiger partial charge in [0.25, 0.3) is 0 Å². The number of aromatic nitrogens is 2. The van der Waals surface area contributed by atoms with Gasteiger partial charge in [-0.15, -0.1) is 0 Å². The van der Waals surface area contributed by atoms with E-state index in [4.69, 9.17) is 4.52 Å². The quantitative estimate of drug-likeness (QED) is 0.582. The minimum Gasteiger partial charge on any atom is -0.465 e. The van der Waals surface area contributed by atoms with Crippen LogP contribution >= 0.6 is 0 Å². The van der Waals surface area contributed by atoms with Crippen LogP contribution in [0.25, 0.3) is 11.4 Å². The normalized spacial score (nSPS) is 15.1. The molecule has 1 fully saturated rings. The summed E-state index contributed by atoms with van der Waals surface area (Å²) in [5.74, 6) is 0.220. The summed E-state index contributed by atoms with van der Waals surface area (Å²) in [6.07, 6.45) is -4.42. The molecule has 0 bridgehead atoms. The molecule has 1 aliphatic heterocycles. The molecule has 0 spiro atoms. The van der Waals surface area contributed by atoms with Crippen molar-refractivity contribution in [3.05, 3.63) is 71.1 Å². The highest BCUT2D eigenvalue weighted by atomic mass is 19.4. The van der Waals surface area contributed by atoms with Crippen LogP contribution < -0.4 is 0 Å². The first kappa shape index (κ1) is 20.1. The third kappa shape index (κ3) is 4.20. The van der Waals surface area contributed by atoms with Gasteiger partial charge in [-0.3, -0.25) is 4.90 Å². The number of halogens is 3. The van der Waals surface area contributed by atoms with Crippen LogP contribution in [-0.2, 0) is 17.5 Å². The van der Waals surface area contributed by atoms with Crippen LogP contribution in [0.5, 0.6) is 0 Å². The SMILES string of the molecule is COC(=O)c1ccc(CN2CC(c3nc(-c4cccc(C(F)(F)F)c4)no3)C2)cc1. The van der Waals surface area contributed by atoms with Crippen molar-refractivity contribution in [3.63, 3.8) is 0 Å². The van der Waals surface area contributed by atoms with Crippen molar-refractivity contribution in [3.8, 4) is 11.4 Å². The molecule has 1 saturated heterocycles. The van der Waals surface area contributed by atoms with E-state index in [0.29, 0.717) is 31.1 Å². The predicted molar refractivity (Wildman–Crippen MR) is 101 cm³/mol. The molecule has 9 heteroatoms. The van der Waals surface area contributed by atoms with Gasteiger partial charge in [0.15, 0.2) is 0 Å². The Morgan fingerprint density at radius 1 is 1.20 bits per heavy atom. The lowest BCUT2D eigenvalue weighted by Gasteiger charge is -2.37. The van der Waals surface area contributed by atoms with Gasteiger partial charge >= 0.3 is 12.1 Å². The van der Waals surface area contributed by atoms with Crippen molar-refractivity contribution in [2.24, 2.45) is 0 Å². The number of ether oxygens (including phenoxy) is 1. The first-order chi connectivity index (χ1) is 14.3. The lowest BCUT2D eigenvalue weighted by atomic mass is 9.99. The Hall–Kier alpha value is -3.20. The molecule has 156 valence electrons. The van der Waals surface area contributed by atoms with Gasteiger partial charge in [0.05, 0.1) is 24.2 Å². The van der Waals surface area contributed by atoms with Crippen LogP contribution in [0.3, 0.4) is 0 Å². The number of hydrogen-bond donors (Lipinski definition) is 0. The second-order valence-corrected chi connectivity index (χ2v) is 7.11. The van der Waals surface area contributed by atoms with Crippen molar-refractivity contribution in [1.29, 1.82) is 0 Å². The van der Waals surface area contributed by atoms with E-state index in [0.717, 1.165) is 17.7 Å². The summed E-state index contributed by atoms with van der Waals surface area (Å²) in [4.78, 5) is 17.9. The van der Waals surface area contributed by atoms with Gasteiger partial charge in [-0.2, -0.15) is 18.2 Å². The van der Waals surface area contributed by atoms with Crippen molar-refractivity contribution >= 4 is 5.97 Å². The number of hydrogen-bond acceptors (Lipinski definition) is 6. The number of rotatable bonds is 5. The topological polar surface area (TPSA) is 68.5 Å². The van der Waals surface area contributed by atoms with Crippen molar-refractivity contribution < 1.29 is 27.2 Å². The number of likely N-dealkylation sites (tertiary alicyclic amines) is 1. The summed E-state index contributed by atoms with van der Waals surface area (Å²) in [7, 11) is 1.34. The van der Waals surface area contributed by atoms with E-state index in [1.165, 1.54) is 19.2 Å². The molecule has 0 unspecified atom stereocenters. The molecule has 1 aromatic heterocycles. The maximum atomic E-state index is 12.9. The highest BCUT2D eigenvalue weighted by Gasteiger charge is 2.33. The fourth-order valence-corrected chi connectivity index (χ4v) is 3.33. The molecule has 1 aliphatic rings. The first-order valence-corrected chi connectivity index (χ1v) is 9.24. The van der Waals surface area contributed by atoms with E-state index >= 15 is 0 Å². The minimum absolute atomic E-state index is 0.0337. The molecule has 2 heterocycles. The minimum atomic E-state index is -4.42. The van der Waals surface area contributed by atoms with E-state index in [9.17, 15) is 18.0 Å². The van der Waals surface area contributed by atoms with Gasteiger partial charge in [0, 0.05) is 25.2 Å². The van der Waals surface area contributed by atoms with Crippen LogP contribution in [0.15, 0.2) is 53.1 Å². The van der Waals surface area contributed by atoms with E-state index in [2.05, 4.69) is 19.8 Å². The Morgan fingerprint density at radius 3 is 2.60 bits per heavy atom. The third-order valence-corrected chi connectivity index (χ3v) is 4.98. The van der Waals surface area contributed by atoms with E-state index in [-0.39, 0.29) is 23.3 Å². The first-order valence-electron chi connectivity index (χ1n) is 9.24. The fraction of sp³-hybridized carbons (Fsp3) is 0.286. The molecular weight excluding hydrogens is 399 g/mol. The zero-order valence-corrected chi connectivity index (χ0v) is 16.0. The van der Waals surface area contributed by atoms with Crippen LogP contribution in [0.4, 0.5) is 13.2 Å². The molecular formula is C21H18F3N3O3. The third-order valence-electron chi connectivity index (χ3n) is 4.98. The number of nitrogens with zero attached hydrogens (tertiary/aromatic N) is 3. The molecule has 6 nitrogen and oxygen atoms in total. The maximum absolute atomic E-state index is 12.9. The summed E-state index contributed by atoms with van der Waals surface area (Å²) >= 11 is 0. The lowest BCUT2D eigenvalue weighted by Crippen LogP contribution is -2.44. The number of carbonyl (C=O) groups is 1. The number of benzene rings is 2. The summed E-state index contributed by atoms with van der Waals surface area (Å²) in [6.45, 7) is 2.10. The van der Waals surface area contributed by atoms with Gasteiger partial charge in [-0.25, -0.2) is 4.79 Å². The van der Waals surface area contributed by atoms with Gasteiger partial charge < -0.3 is 9.26 Å². The Bertz CT molecular complexity index is 1040. The molecule has 0 amide bonds.